The van der Waals surface area contributed by atoms with E-state index in [0.29, 0.717) is 18.8 Å². The van der Waals surface area contributed by atoms with E-state index in [2.05, 4.69) is 10.4 Å². The van der Waals surface area contributed by atoms with Crippen molar-refractivity contribution in [3.05, 3.63) is 51.8 Å². The second-order valence-electron chi connectivity index (χ2n) is 4.47. The maximum Gasteiger partial charge on any atom is 0.292 e. The van der Waals surface area contributed by atoms with Crippen LogP contribution in [0.2, 0.25) is 0 Å². The number of nitrogens with one attached hydrogen (secondary N) is 1. The molecule has 1 aromatic carbocycles. The summed E-state index contributed by atoms with van der Waals surface area (Å²) in [6.45, 7) is 2.72. The minimum Gasteiger partial charge on any atom is -0.394 e. The van der Waals surface area contributed by atoms with Gasteiger partial charge < -0.3 is 10.4 Å². The highest BCUT2D eigenvalue weighted by Crippen LogP contribution is 2.25. The van der Waals surface area contributed by atoms with E-state index < -0.39 is 4.92 Å². The largest absolute Gasteiger partial charge is 0.394 e. The molecule has 0 saturated heterocycles. The van der Waals surface area contributed by atoms with Gasteiger partial charge in [0.1, 0.15) is 5.69 Å². The third kappa shape index (κ3) is 3.33. The Morgan fingerprint density at radius 3 is 3.00 bits per heavy atom. The molecule has 0 bridgehead atoms. The Hall–Kier alpha value is -2.41. The van der Waals surface area contributed by atoms with Gasteiger partial charge in [0, 0.05) is 24.4 Å². The molecule has 7 nitrogen and oxygen atoms in total. The highest BCUT2D eigenvalue weighted by Gasteiger charge is 2.13. The summed E-state index contributed by atoms with van der Waals surface area (Å²) in [5.41, 5.74) is 2.29. The van der Waals surface area contributed by atoms with Crippen LogP contribution in [-0.2, 0) is 13.1 Å². The van der Waals surface area contributed by atoms with Crippen LogP contribution in [0.3, 0.4) is 0 Å². The molecule has 20 heavy (non-hydrogen) atoms. The molecule has 0 radical (unpaired) electrons. The number of nitrogens with zero attached hydrogens (tertiary/aromatic N) is 3. The molecule has 7 heteroatoms. The van der Waals surface area contributed by atoms with Crippen molar-refractivity contribution in [1.29, 1.82) is 0 Å². The summed E-state index contributed by atoms with van der Waals surface area (Å²) in [5.74, 6) is 0. The molecule has 2 aromatic rings. The van der Waals surface area contributed by atoms with Crippen LogP contribution in [-0.4, -0.2) is 26.4 Å². The van der Waals surface area contributed by atoms with Crippen molar-refractivity contribution < 1.29 is 10.0 Å². The fourth-order valence-corrected chi connectivity index (χ4v) is 1.86. The monoisotopic (exact) mass is 276 g/mol. The average molecular weight is 276 g/mol. The molecular weight excluding hydrogens is 260 g/mol. The number of aliphatic hydroxyl groups excluding tert-OH is 1. The molecule has 1 heterocycles. The van der Waals surface area contributed by atoms with Gasteiger partial charge in [0.2, 0.25) is 0 Å². The molecule has 0 aliphatic rings. The minimum atomic E-state index is -0.398. The zero-order chi connectivity index (χ0) is 14.5. The van der Waals surface area contributed by atoms with Crippen molar-refractivity contribution >= 4 is 11.4 Å². The van der Waals surface area contributed by atoms with E-state index in [4.69, 9.17) is 5.11 Å². The van der Waals surface area contributed by atoms with Gasteiger partial charge in [0.25, 0.3) is 5.69 Å². The summed E-state index contributed by atoms with van der Waals surface area (Å²) >= 11 is 0. The zero-order valence-corrected chi connectivity index (χ0v) is 11.1. The second-order valence-corrected chi connectivity index (χ2v) is 4.47. The number of nitro benzene ring substituents is 1. The van der Waals surface area contributed by atoms with E-state index in [-0.39, 0.29) is 12.3 Å². The van der Waals surface area contributed by atoms with E-state index >= 15 is 0 Å². The first kappa shape index (κ1) is 14.0. The Labute approximate surface area is 116 Å². The van der Waals surface area contributed by atoms with Crippen LogP contribution in [0.15, 0.2) is 30.6 Å². The van der Waals surface area contributed by atoms with Crippen LogP contribution in [0, 0.1) is 17.0 Å². The smallest absolute Gasteiger partial charge is 0.292 e. The van der Waals surface area contributed by atoms with Crippen LogP contribution in [0.1, 0.15) is 11.1 Å². The first-order chi connectivity index (χ1) is 9.60. The number of benzene rings is 1. The number of nitro groups is 1. The number of aliphatic hydroxyl groups is 1. The molecule has 0 amide bonds. The number of rotatable bonds is 6. The summed E-state index contributed by atoms with van der Waals surface area (Å²) in [5, 5.41) is 26.9. The lowest BCUT2D eigenvalue weighted by molar-refractivity contribution is -0.384. The average Bonchev–Trinajstić information content (AvgIpc) is 2.85. The Balaban J connectivity index is 2.08. The topological polar surface area (TPSA) is 93.2 Å². The van der Waals surface area contributed by atoms with Crippen LogP contribution in [0.5, 0.6) is 0 Å². The van der Waals surface area contributed by atoms with Crippen LogP contribution < -0.4 is 5.32 Å². The van der Waals surface area contributed by atoms with Gasteiger partial charge in [0.05, 0.1) is 24.3 Å². The number of anilines is 1. The summed E-state index contributed by atoms with van der Waals surface area (Å²) in [6, 6.07) is 5.06. The van der Waals surface area contributed by atoms with E-state index in [9.17, 15) is 10.1 Å². The molecule has 0 aliphatic carbocycles. The molecule has 0 unspecified atom stereocenters. The number of aryl methyl sites for hydroxylation is 1. The van der Waals surface area contributed by atoms with Gasteiger partial charge in [-0.15, -0.1) is 0 Å². The highest BCUT2D eigenvalue weighted by molar-refractivity contribution is 5.62. The van der Waals surface area contributed by atoms with E-state index in [0.717, 1.165) is 11.1 Å². The fraction of sp³-hybridized carbons (Fsp3) is 0.308. The molecule has 2 N–H and O–H groups in total. The Morgan fingerprint density at radius 1 is 1.50 bits per heavy atom. The molecule has 0 aliphatic heterocycles. The summed E-state index contributed by atoms with van der Waals surface area (Å²) in [4.78, 5) is 10.6. The van der Waals surface area contributed by atoms with Gasteiger partial charge in [-0.05, 0) is 18.6 Å². The van der Waals surface area contributed by atoms with Crippen molar-refractivity contribution in [3.8, 4) is 0 Å². The third-order valence-electron chi connectivity index (χ3n) is 2.85. The third-order valence-corrected chi connectivity index (χ3v) is 2.85. The van der Waals surface area contributed by atoms with Crippen molar-refractivity contribution in [2.75, 3.05) is 11.9 Å². The van der Waals surface area contributed by atoms with E-state index in [1.807, 2.05) is 13.0 Å². The normalized spacial score (nSPS) is 10.5. The van der Waals surface area contributed by atoms with Crippen LogP contribution in [0.4, 0.5) is 11.4 Å². The molecule has 2 rings (SSSR count). The van der Waals surface area contributed by atoms with Gasteiger partial charge in [-0.1, -0.05) is 6.07 Å². The lowest BCUT2D eigenvalue weighted by atomic mass is 10.2. The van der Waals surface area contributed by atoms with E-state index in [1.165, 1.54) is 6.07 Å². The first-order valence-electron chi connectivity index (χ1n) is 6.21. The summed E-state index contributed by atoms with van der Waals surface area (Å²) in [6.07, 6.45) is 3.46. The molecule has 0 fully saturated rings. The Bertz CT molecular complexity index is 609. The highest BCUT2D eigenvalue weighted by atomic mass is 16.6. The molecule has 0 spiro atoms. The number of hydrogen-bond donors (Lipinski definition) is 2. The predicted molar refractivity (Wildman–Crippen MR) is 74.5 cm³/mol. The minimum absolute atomic E-state index is 0.0258. The van der Waals surface area contributed by atoms with Gasteiger partial charge in [-0.25, -0.2) is 0 Å². The lowest BCUT2D eigenvalue weighted by Gasteiger charge is -2.06. The summed E-state index contributed by atoms with van der Waals surface area (Å²) < 4.78 is 1.63. The van der Waals surface area contributed by atoms with Gasteiger partial charge >= 0.3 is 0 Å². The van der Waals surface area contributed by atoms with Gasteiger partial charge in [-0.3, -0.25) is 14.8 Å². The van der Waals surface area contributed by atoms with E-state index in [1.54, 1.807) is 23.1 Å². The van der Waals surface area contributed by atoms with Crippen molar-refractivity contribution in [2.24, 2.45) is 0 Å². The van der Waals surface area contributed by atoms with Crippen molar-refractivity contribution in [1.82, 2.24) is 9.78 Å². The lowest BCUT2D eigenvalue weighted by Crippen LogP contribution is -2.03. The zero-order valence-electron chi connectivity index (χ0n) is 11.1. The molecule has 106 valence electrons. The molecular formula is C13H16N4O3. The van der Waals surface area contributed by atoms with Gasteiger partial charge in [-0.2, -0.15) is 5.10 Å². The molecule has 0 atom stereocenters. The predicted octanol–water partition coefficient (Wildman–Crippen LogP) is 1.70. The maximum atomic E-state index is 11.0. The Morgan fingerprint density at radius 2 is 2.30 bits per heavy atom. The maximum absolute atomic E-state index is 11.0. The first-order valence-corrected chi connectivity index (χ1v) is 6.21. The van der Waals surface area contributed by atoms with Crippen molar-refractivity contribution in [2.45, 2.75) is 20.0 Å². The second kappa shape index (κ2) is 6.16. The molecule has 1 aromatic heterocycles. The van der Waals surface area contributed by atoms with Crippen LogP contribution >= 0.6 is 0 Å². The number of aromatic nitrogens is 2. The Kier molecular flexibility index (Phi) is 4.31. The SMILES string of the molecule is Cc1ccc(NCc2cnn(CCO)c2)c([N+](=O)[O-])c1. The van der Waals surface area contributed by atoms with Crippen molar-refractivity contribution in [3.63, 3.8) is 0 Å². The fourth-order valence-electron chi connectivity index (χ4n) is 1.86. The number of hydrogen-bond acceptors (Lipinski definition) is 5. The quantitative estimate of drug-likeness (QED) is 0.618. The van der Waals surface area contributed by atoms with Gasteiger partial charge in [0.15, 0.2) is 0 Å². The summed E-state index contributed by atoms with van der Waals surface area (Å²) in [7, 11) is 0. The van der Waals surface area contributed by atoms with Crippen LogP contribution in [0.25, 0.3) is 0 Å². The standard InChI is InChI=1S/C13H16N4O3/c1-10-2-3-12(13(6-10)17(19)20)14-7-11-8-15-16(9-11)4-5-18/h2-3,6,8-9,14,18H,4-5,7H2,1H3. The molecule has 0 saturated carbocycles.